The van der Waals surface area contributed by atoms with E-state index in [0.717, 1.165) is 5.56 Å². The lowest BCUT2D eigenvalue weighted by molar-refractivity contribution is -0.144. The third-order valence-electron chi connectivity index (χ3n) is 3.26. The summed E-state index contributed by atoms with van der Waals surface area (Å²) in [6.07, 6.45) is 2.50. The van der Waals surface area contributed by atoms with Gasteiger partial charge in [0.15, 0.2) is 5.78 Å². The molecule has 1 saturated heterocycles. The second-order valence-corrected chi connectivity index (χ2v) is 6.31. The normalized spacial score (nSPS) is 18.7. The molecule has 0 radical (unpaired) electrons. The van der Waals surface area contributed by atoms with Gasteiger partial charge in [-0.2, -0.15) is 0 Å². The highest BCUT2D eigenvalue weighted by Gasteiger charge is 2.31. The Morgan fingerprint density at radius 1 is 1.30 bits per heavy atom. The second kappa shape index (κ2) is 8.53. The Bertz CT molecular complexity index is 612. The van der Waals surface area contributed by atoms with Crippen molar-refractivity contribution in [2.75, 3.05) is 6.61 Å². The molecule has 1 aliphatic heterocycles. The summed E-state index contributed by atoms with van der Waals surface area (Å²) >= 11 is 1.20. The first-order valence-electron chi connectivity index (χ1n) is 7.50. The molecule has 1 aliphatic rings. The summed E-state index contributed by atoms with van der Waals surface area (Å²) in [5, 5.41) is 2.61. The third-order valence-corrected chi connectivity index (χ3v) is 4.40. The lowest BCUT2D eigenvalue weighted by Crippen LogP contribution is -2.25. The predicted molar refractivity (Wildman–Crippen MR) is 88.6 cm³/mol. The monoisotopic (exact) mass is 333 g/mol. The van der Waals surface area contributed by atoms with Crippen molar-refractivity contribution < 1.29 is 19.1 Å². The van der Waals surface area contributed by atoms with Gasteiger partial charge in [0.1, 0.15) is 5.25 Å². The van der Waals surface area contributed by atoms with E-state index in [0.29, 0.717) is 24.5 Å². The number of rotatable bonds is 7. The molecular formula is C17H19NO4S. The number of ether oxygens (including phenoxy) is 1. The van der Waals surface area contributed by atoms with Crippen LogP contribution in [-0.4, -0.2) is 29.5 Å². The predicted octanol–water partition coefficient (Wildman–Crippen LogP) is 2.21. The number of carbonyl (C=O) groups is 3. The average molecular weight is 333 g/mol. The number of thioether (sulfide) groups is 1. The minimum Gasteiger partial charge on any atom is -0.466 e. The number of nitrogens with one attached hydrogen (secondary N) is 1. The van der Waals surface area contributed by atoms with Crippen molar-refractivity contribution in [3.8, 4) is 0 Å². The molecule has 1 aromatic rings. The Morgan fingerprint density at radius 3 is 2.74 bits per heavy atom. The topological polar surface area (TPSA) is 72.5 Å². The van der Waals surface area contributed by atoms with Crippen molar-refractivity contribution in [2.45, 2.75) is 31.4 Å². The van der Waals surface area contributed by atoms with Crippen LogP contribution in [-0.2, 0) is 25.5 Å². The highest BCUT2D eigenvalue weighted by atomic mass is 32.2. The molecule has 0 saturated carbocycles. The van der Waals surface area contributed by atoms with Crippen LogP contribution in [0.1, 0.15) is 25.3 Å². The van der Waals surface area contributed by atoms with Crippen molar-refractivity contribution in [1.29, 1.82) is 0 Å². The van der Waals surface area contributed by atoms with Crippen LogP contribution in [0.3, 0.4) is 0 Å². The van der Waals surface area contributed by atoms with Crippen molar-refractivity contribution >= 4 is 29.4 Å². The first-order valence-corrected chi connectivity index (χ1v) is 8.38. The lowest BCUT2D eigenvalue weighted by atomic mass is 10.1. The van der Waals surface area contributed by atoms with Gasteiger partial charge in [-0.05, 0) is 18.9 Å². The van der Waals surface area contributed by atoms with Gasteiger partial charge in [-0.25, -0.2) is 0 Å². The maximum atomic E-state index is 12.0. The molecule has 1 aromatic carbocycles. The van der Waals surface area contributed by atoms with E-state index in [-0.39, 0.29) is 18.1 Å². The summed E-state index contributed by atoms with van der Waals surface area (Å²) in [5.41, 5.74) is 1.10. The van der Waals surface area contributed by atoms with E-state index < -0.39 is 11.2 Å². The zero-order valence-corrected chi connectivity index (χ0v) is 13.7. The van der Waals surface area contributed by atoms with Crippen LogP contribution in [0.15, 0.2) is 41.4 Å². The van der Waals surface area contributed by atoms with Crippen molar-refractivity contribution in [2.24, 2.45) is 0 Å². The fourth-order valence-corrected chi connectivity index (χ4v) is 3.20. The Hall–Kier alpha value is -2.08. The number of hydrogen-bond acceptors (Lipinski definition) is 5. The van der Waals surface area contributed by atoms with Crippen LogP contribution < -0.4 is 5.32 Å². The maximum absolute atomic E-state index is 12.0. The van der Waals surface area contributed by atoms with E-state index in [1.54, 1.807) is 6.92 Å². The summed E-state index contributed by atoms with van der Waals surface area (Å²) in [6, 6.07) is 9.75. The SMILES string of the molecule is CCOC(=O)CC1S/C(=C\C(=O)CCc2ccccc2)NC1=O. The highest BCUT2D eigenvalue weighted by Crippen LogP contribution is 2.29. The molecule has 2 rings (SSSR count). The molecule has 1 atom stereocenters. The van der Waals surface area contributed by atoms with Crippen molar-refractivity contribution in [3.05, 3.63) is 47.0 Å². The molecule has 0 aromatic heterocycles. The number of carbonyl (C=O) groups excluding carboxylic acids is 3. The Morgan fingerprint density at radius 2 is 2.04 bits per heavy atom. The summed E-state index contributed by atoms with van der Waals surface area (Å²) in [5.74, 6) is -0.713. The Labute approximate surface area is 139 Å². The summed E-state index contributed by atoms with van der Waals surface area (Å²) in [6.45, 7) is 2.01. The number of amides is 1. The molecule has 0 bridgehead atoms. The Balaban J connectivity index is 1.84. The maximum Gasteiger partial charge on any atom is 0.307 e. The molecular weight excluding hydrogens is 314 g/mol. The molecule has 0 aliphatic carbocycles. The van der Waals surface area contributed by atoms with Crippen LogP contribution in [0.25, 0.3) is 0 Å². The van der Waals surface area contributed by atoms with Gasteiger partial charge in [0.2, 0.25) is 5.91 Å². The molecule has 23 heavy (non-hydrogen) atoms. The molecule has 1 N–H and O–H groups in total. The first-order chi connectivity index (χ1) is 11.1. The van der Waals surface area contributed by atoms with E-state index in [9.17, 15) is 14.4 Å². The summed E-state index contributed by atoms with van der Waals surface area (Å²) in [7, 11) is 0. The number of ketones is 1. The average Bonchev–Trinajstić information content (AvgIpc) is 2.86. The standard InChI is InChI=1S/C17H19NO4S/c1-2-22-16(20)11-14-17(21)18-15(23-14)10-13(19)9-8-12-6-4-3-5-7-12/h3-7,10,14H,2,8-9,11H2,1H3,(H,18,21)/b15-10-. The van der Waals surface area contributed by atoms with E-state index >= 15 is 0 Å². The van der Waals surface area contributed by atoms with Crippen LogP contribution in [0.4, 0.5) is 0 Å². The van der Waals surface area contributed by atoms with E-state index in [2.05, 4.69) is 5.32 Å². The van der Waals surface area contributed by atoms with Gasteiger partial charge in [-0.15, -0.1) is 0 Å². The molecule has 1 heterocycles. The molecule has 122 valence electrons. The lowest BCUT2D eigenvalue weighted by Gasteiger charge is -2.04. The largest absolute Gasteiger partial charge is 0.466 e. The van der Waals surface area contributed by atoms with Crippen LogP contribution in [0, 0.1) is 0 Å². The summed E-state index contributed by atoms with van der Waals surface area (Å²) < 4.78 is 4.84. The zero-order chi connectivity index (χ0) is 16.7. The van der Waals surface area contributed by atoms with Crippen LogP contribution >= 0.6 is 11.8 Å². The molecule has 1 fully saturated rings. The van der Waals surface area contributed by atoms with Gasteiger partial charge in [0, 0.05) is 12.5 Å². The fourth-order valence-electron chi connectivity index (χ4n) is 2.14. The molecule has 1 unspecified atom stereocenters. The van der Waals surface area contributed by atoms with Gasteiger partial charge in [-0.1, -0.05) is 42.1 Å². The number of esters is 1. The molecule has 6 heteroatoms. The first kappa shape index (κ1) is 17.3. The van der Waals surface area contributed by atoms with Crippen molar-refractivity contribution in [1.82, 2.24) is 5.32 Å². The van der Waals surface area contributed by atoms with Crippen molar-refractivity contribution in [3.63, 3.8) is 0 Å². The smallest absolute Gasteiger partial charge is 0.307 e. The molecule has 0 spiro atoms. The fraction of sp³-hybridized carbons (Fsp3) is 0.353. The third kappa shape index (κ3) is 5.56. The van der Waals surface area contributed by atoms with Gasteiger partial charge in [0.05, 0.1) is 18.1 Å². The van der Waals surface area contributed by atoms with Crippen LogP contribution in [0.2, 0.25) is 0 Å². The zero-order valence-electron chi connectivity index (χ0n) is 12.9. The quantitative estimate of drug-likeness (QED) is 0.612. The van der Waals surface area contributed by atoms with Gasteiger partial charge >= 0.3 is 5.97 Å². The van der Waals surface area contributed by atoms with E-state index in [1.807, 2.05) is 30.3 Å². The van der Waals surface area contributed by atoms with Gasteiger partial charge in [-0.3, -0.25) is 14.4 Å². The second-order valence-electron chi connectivity index (χ2n) is 5.07. The minimum atomic E-state index is -0.526. The minimum absolute atomic E-state index is 0.0138. The van der Waals surface area contributed by atoms with Gasteiger partial charge < -0.3 is 10.1 Å². The molecule has 1 amide bonds. The summed E-state index contributed by atoms with van der Waals surface area (Å²) in [4.78, 5) is 35.2. The number of allylic oxidation sites excluding steroid dienone is 1. The van der Waals surface area contributed by atoms with Gasteiger partial charge in [0.25, 0.3) is 0 Å². The highest BCUT2D eigenvalue weighted by molar-refractivity contribution is 8.04. The van der Waals surface area contributed by atoms with Crippen LogP contribution in [0.5, 0.6) is 0 Å². The van der Waals surface area contributed by atoms with E-state index in [1.165, 1.54) is 17.8 Å². The van der Waals surface area contributed by atoms with E-state index in [4.69, 9.17) is 4.74 Å². The number of benzene rings is 1. The number of hydrogen-bond donors (Lipinski definition) is 1. The molecule has 5 nitrogen and oxygen atoms in total. The number of aryl methyl sites for hydroxylation is 1. The Kier molecular flexibility index (Phi) is 6.40.